The first kappa shape index (κ1) is 15.7. The molecule has 0 unspecified atom stereocenters. The molecule has 128 valence electrons. The zero-order valence-corrected chi connectivity index (χ0v) is 14.4. The van der Waals surface area contributed by atoms with Crippen LogP contribution in [0.15, 0.2) is 30.3 Å². The van der Waals surface area contributed by atoms with Crippen molar-refractivity contribution in [3.8, 4) is 0 Å². The molecule has 3 atom stereocenters. The van der Waals surface area contributed by atoms with Gasteiger partial charge in [0.1, 0.15) is 0 Å². The van der Waals surface area contributed by atoms with Gasteiger partial charge in [0, 0.05) is 44.3 Å². The summed E-state index contributed by atoms with van der Waals surface area (Å²) >= 11 is 0. The summed E-state index contributed by atoms with van der Waals surface area (Å²) in [5, 5.41) is 0. The van der Waals surface area contributed by atoms with E-state index < -0.39 is 0 Å². The normalized spacial score (nSPS) is 30.0. The number of benzene rings is 1. The largest absolute Gasteiger partial charge is 0.342 e. The second-order valence-corrected chi connectivity index (χ2v) is 7.68. The third-order valence-corrected chi connectivity index (χ3v) is 6.23. The maximum absolute atomic E-state index is 12.8. The molecule has 4 heteroatoms. The molecule has 0 N–H and O–H groups in total. The van der Waals surface area contributed by atoms with Gasteiger partial charge in [0.05, 0.1) is 6.04 Å². The van der Waals surface area contributed by atoms with Crippen LogP contribution in [0.2, 0.25) is 0 Å². The number of carbonyl (C=O) groups is 2. The van der Waals surface area contributed by atoms with Crippen molar-refractivity contribution >= 4 is 11.8 Å². The Bertz CT molecular complexity index is 624. The molecule has 2 heterocycles. The van der Waals surface area contributed by atoms with Gasteiger partial charge in [-0.05, 0) is 18.4 Å². The minimum atomic E-state index is 0.120. The highest BCUT2D eigenvalue weighted by atomic mass is 16.2. The Morgan fingerprint density at radius 1 is 1.00 bits per heavy atom. The van der Waals surface area contributed by atoms with Crippen LogP contribution >= 0.6 is 0 Å². The Morgan fingerprint density at radius 3 is 2.38 bits per heavy atom. The molecule has 3 aliphatic rings. The van der Waals surface area contributed by atoms with Crippen LogP contribution in [-0.2, 0) is 9.59 Å². The van der Waals surface area contributed by atoms with Gasteiger partial charge < -0.3 is 9.80 Å². The molecule has 2 saturated heterocycles. The van der Waals surface area contributed by atoms with Crippen molar-refractivity contribution in [2.75, 3.05) is 19.6 Å². The Kier molecular flexibility index (Phi) is 4.07. The molecule has 1 saturated carbocycles. The van der Waals surface area contributed by atoms with E-state index in [0.29, 0.717) is 17.7 Å². The summed E-state index contributed by atoms with van der Waals surface area (Å²) in [6, 6.07) is 10.4. The number of carbonyl (C=O) groups excluding carboxylic acids is 2. The number of amides is 2. The van der Waals surface area contributed by atoms with Crippen LogP contribution in [0.5, 0.6) is 0 Å². The van der Waals surface area contributed by atoms with Gasteiger partial charge in [0.2, 0.25) is 11.8 Å². The fourth-order valence-electron chi connectivity index (χ4n) is 5.06. The molecule has 1 aromatic carbocycles. The van der Waals surface area contributed by atoms with Crippen molar-refractivity contribution in [3.05, 3.63) is 35.9 Å². The van der Waals surface area contributed by atoms with Crippen LogP contribution in [0.4, 0.5) is 0 Å². The van der Waals surface area contributed by atoms with E-state index in [-0.39, 0.29) is 17.9 Å². The first-order valence-electron chi connectivity index (χ1n) is 9.26. The van der Waals surface area contributed by atoms with Gasteiger partial charge in [-0.1, -0.05) is 43.2 Å². The van der Waals surface area contributed by atoms with Crippen LogP contribution in [0, 0.1) is 17.8 Å². The first-order valence-corrected chi connectivity index (χ1v) is 9.26. The van der Waals surface area contributed by atoms with Gasteiger partial charge in [0.15, 0.2) is 0 Å². The summed E-state index contributed by atoms with van der Waals surface area (Å²) < 4.78 is 0. The molecule has 2 aliphatic heterocycles. The van der Waals surface area contributed by atoms with Gasteiger partial charge in [-0.3, -0.25) is 9.59 Å². The highest BCUT2D eigenvalue weighted by Crippen LogP contribution is 2.45. The number of hydrogen-bond acceptors (Lipinski definition) is 2. The molecule has 1 aliphatic carbocycles. The van der Waals surface area contributed by atoms with Crippen molar-refractivity contribution in [3.63, 3.8) is 0 Å². The summed E-state index contributed by atoms with van der Waals surface area (Å²) in [6.07, 6.45) is 4.52. The molecule has 3 fully saturated rings. The third-order valence-electron chi connectivity index (χ3n) is 6.23. The van der Waals surface area contributed by atoms with Gasteiger partial charge in [0.25, 0.3) is 0 Å². The van der Waals surface area contributed by atoms with Gasteiger partial charge >= 0.3 is 0 Å². The van der Waals surface area contributed by atoms with E-state index in [4.69, 9.17) is 0 Å². The average molecular weight is 326 g/mol. The summed E-state index contributed by atoms with van der Waals surface area (Å²) in [5.74, 6) is 1.56. The number of nitrogens with zero attached hydrogens (tertiary/aromatic N) is 2. The lowest BCUT2D eigenvalue weighted by molar-refractivity contribution is -0.135. The van der Waals surface area contributed by atoms with E-state index in [1.807, 2.05) is 23.1 Å². The van der Waals surface area contributed by atoms with Crippen LogP contribution in [0.1, 0.15) is 44.2 Å². The zero-order valence-electron chi connectivity index (χ0n) is 14.4. The van der Waals surface area contributed by atoms with Crippen LogP contribution < -0.4 is 0 Å². The van der Waals surface area contributed by atoms with E-state index in [9.17, 15) is 9.59 Å². The molecule has 2 amide bonds. The van der Waals surface area contributed by atoms with E-state index in [2.05, 4.69) is 17.0 Å². The molecule has 4 rings (SSSR count). The molecular weight excluding hydrogens is 300 g/mol. The second kappa shape index (κ2) is 6.23. The maximum atomic E-state index is 12.8. The molecule has 0 aromatic heterocycles. The predicted octanol–water partition coefficient (Wildman–Crippen LogP) is 2.85. The number of likely N-dealkylation sites (tertiary alicyclic amines) is 2. The summed E-state index contributed by atoms with van der Waals surface area (Å²) in [7, 11) is 0. The molecule has 4 nitrogen and oxygen atoms in total. The Morgan fingerprint density at radius 2 is 1.71 bits per heavy atom. The van der Waals surface area contributed by atoms with Crippen molar-refractivity contribution in [1.29, 1.82) is 0 Å². The van der Waals surface area contributed by atoms with Gasteiger partial charge in [-0.15, -0.1) is 0 Å². The summed E-state index contributed by atoms with van der Waals surface area (Å²) in [5.41, 5.74) is 1.20. The molecule has 0 spiro atoms. The molecule has 0 radical (unpaired) electrons. The van der Waals surface area contributed by atoms with Gasteiger partial charge in [-0.2, -0.15) is 0 Å². The van der Waals surface area contributed by atoms with Crippen molar-refractivity contribution in [1.82, 2.24) is 9.80 Å². The standard InChI is InChI=1S/C20H26N2O2/c1-14(23)22-12-17-11-21(20(24)16-9-5-6-10-16)13-18(17)19(22)15-7-3-2-4-8-15/h2-4,7-8,16-19H,5-6,9-13H2,1H3/t17-,18-,19+/m1/s1. The lowest BCUT2D eigenvalue weighted by atomic mass is 9.89. The van der Waals surface area contributed by atoms with E-state index in [1.54, 1.807) is 6.92 Å². The van der Waals surface area contributed by atoms with E-state index in [0.717, 1.165) is 32.5 Å². The summed E-state index contributed by atoms with van der Waals surface area (Å²) in [6.45, 7) is 4.09. The minimum absolute atomic E-state index is 0.120. The number of rotatable bonds is 2. The second-order valence-electron chi connectivity index (χ2n) is 7.68. The fraction of sp³-hybridized carbons (Fsp3) is 0.600. The molecular formula is C20H26N2O2. The molecule has 0 bridgehead atoms. The van der Waals surface area contributed by atoms with Crippen molar-refractivity contribution in [2.24, 2.45) is 17.8 Å². The highest BCUT2D eigenvalue weighted by Gasteiger charge is 2.49. The smallest absolute Gasteiger partial charge is 0.225 e. The summed E-state index contributed by atoms with van der Waals surface area (Å²) in [4.78, 5) is 29.0. The Balaban J connectivity index is 1.55. The van der Waals surface area contributed by atoms with Crippen LogP contribution in [-0.4, -0.2) is 41.2 Å². The van der Waals surface area contributed by atoms with Crippen LogP contribution in [0.3, 0.4) is 0 Å². The monoisotopic (exact) mass is 326 g/mol. The first-order chi connectivity index (χ1) is 11.6. The maximum Gasteiger partial charge on any atom is 0.225 e. The third kappa shape index (κ3) is 2.62. The van der Waals surface area contributed by atoms with Gasteiger partial charge in [-0.25, -0.2) is 0 Å². The minimum Gasteiger partial charge on any atom is -0.342 e. The Hall–Kier alpha value is -1.84. The lowest BCUT2D eigenvalue weighted by Gasteiger charge is -2.30. The van der Waals surface area contributed by atoms with Crippen molar-refractivity contribution < 1.29 is 9.59 Å². The SMILES string of the molecule is CC(=O)N1C[C@H]2CN(C(=O)C3CCCC3)C[C@H]2[C@@H]1c1ccccc1. The van der Waals surface area contributed by atoms with E-state index >= 15 is 0 Å². The fourth-order valence-corrected chi connectivity index (χ4v) is 5.06. The van der Waals surface area contributed by atoms with Crippen molar-refractivity contribution in [2.45, 2.75) is 38.6 Å². The quantitative estimate of drug-likeness (QED) is 0.838. The Labute approximate surface area is 143 Å². The van der Waals surface area contributed by atoms with E-state index in [1.165, 1.54) is 18.4 Å². The van der Waals surface area contributed by atoms with Crippen LogP contribution in [0.25, 0.3) is 0 Å². The predicted molar refractivity (Wildman–Crippen MR) is 92.1 cm³/mol. The topological polar surface area (TPSA) is 40.6 Å². The average Bonchev–Trinajstić information content (AvgIpc) is 3.30. The zero-order chi connectivity index (χ0) is 16.7. The number of fused-ring (bicyclic) bond motifs is 1. The highest BCUT2D eigenvalue weighted by molar-refractivity contribution is 5.80. The molecule has 1 aromatic rings. The number of hydrogen-bond donors (Lipinski definition) is 0. The lowest BCUT2D eigenvalue weighted by Crippen LogP contribution is -2.38. The molecule has 24 heavy (non-hydrogen) atoms.